The van der Waals surface area contributed by atoms with Gasteiger partial charge < -0.3 is 5.32 Å². The summed E-state index contributed by atoms with van der Waals surface area (Å²) in [6, 6.07) is 4.85. The van der Waals surface area contributed by atoms with Gasteiger partial charge in [0.1, 0.15) is 11.6 Å². The van der Waals surface area contributed by atoms with E-state index in [0.29, 0.717) is 30.9 Å². The lowest BCUT2D eigenvalue weighted by atomic mass is 10.1. The third kappa shape index (κ3) is 6.29. The van der Waals surface area contributed by atoms with Crippen molar-refractivity contribution in [2.24, 2.45) is 0 Å². The summed E-state index contributed by atoms with van der Waals surface area (Å²) in [4.78, 5) is 23.2. The van der Waals surface area contributed by atoms with Gasteiger partial charge in [-0.15, -0.1) is 0 Å². The maximum Gasteiger partial charge on any atom is 0.238 e. The van der Waals surface area contributed by atoms with E-state index in [9.17, 15) is 17.6 Å². The average Bonchev–Trinajstić information content (AvgIpc) is 3.29. The van der Waals surface area contributed by atoms with Crippen molar-refractivity contribution in [3.05, 3.63) is 59.6 Å². The fourth-order valence-corrected chi connectivity index (χ4v) is 5.13. The minimum Gasteiger partial charge on any atom is -0.322 e. The van der Waals surface area contributed by atoms with Crippen molar-refractivity contribution in [1.82, 2.24) is 24.6 Å². The molecule has 1 amide bonds. The average molecular weight is 501 g/mol. The topological polar surface area (TPSA) is 110 Å². The minimum atomic E-state index is -3.02. The maximum atomic E-state index is 14.7. The molecule has 1 fully saturated rings. The number of nitrogens with one attached hydrogen (secondary N) is 1. The monoisotopic (exact) mass is 500 g/mol. The summed E-state index contributed by atoms with van der Waals surface area (Å²) in [6.07, 6.45) is 5.81. The first-order valence-electron chi connectivity index (χ1n) is 11.5. The Morgan fingerprint density at radius 3 is 2.60 bits per heavy atom. The van der Waals surface area contributed by atoms with E-state index in [-0.39, 0.29) is 35.7 Å². The number of halogens is 1. The van der Waals surface area contributed by atoms with Crippen LogP contribution in [-0.4, -0.2) is 70.1 Å². The summed E-state index contributed by atoms with van der Waals surface area (Å²) in [5.41, 5.74) is 3.36. The minimum absolute atomic E-state index is 0.0179. The van der Waals surface area contributed by atoms with Gasteiger partial charge in [-0.2, -0.15) is 5.10 Å². The normalized spacial score (nSPS) is 15.9. The molecular weight excluding hydrogens is 471 g/mol. The molecule has 0 aliphatic carbocycles. The van der Waals surface area contributed by atoms with E-state index in [4.69, 9.17) is 0 Å². The number of nitrogens with zero attached hydrogens (tertiary/aromatic N) is 5. The molecular formula is C24H29FN6O3S. The van der Waals surface area contributed by atoms with Crippen LogP contribution >= 0.6 is 0 Å². The van der Waals surface area contributed by atoms with Gasteiger partial charge in [0.05, 0.1) is 35.6 Å². The number of carbonyl (C=O) groups is 1. The van der Waals surface area contributed by atoms with Crippen molar-refractivity contribution >= 4 is 21.4 Å². The quantitative estimate of drug-likeness (QED) is 0.531. The van der Waals surface area contributed by atoms with E-state index >= 15 is 0 Å². The van der Waals surface area contributed by atoms with Crippen LogP contribution in [0.2, 0.25) is 0 Å². The smallest absolute Gasteiger partial charge is 0.238 e. The molecule has 9 nitrogen and oxygen atoms in total. The van der Waals surface area contributed by atoms with Crippen LogP contribution < -0.4 is 5.32 Å². The van der Waals surface area contributed by atoms with E-state index in [2.05, 4.69) is 34.2 Å². The molecule has 1 aliphatic heterocycles. The highest BCUT2D eigenvalue weighted by Crippen LogP contribution is 2.23. The molecule has 0 unspecified atom stereocenters. The number of anilines is 1. The Morgan fingerprint density at radius 1 is 1.20 bits per heavy atom. The van der Waals surface area contributed by atoms with E-state index in [1.807, 2.05) is 17.8 Å². The van der Waals surface area contributed by atoms with Gasteiger partial charge in [0.15, 0.2) is 9.84 Å². The highest BCUT2D eigenvalue weighted by Gasteiger charge is 2.23. The van der Waals surface area contributed by atoms with Crippen LogP contribution in [0, 0.1) is 12.7 Å². The molecule has 4 rings (SSSR count). The molecule has 1 aliphatic rings. The van der Waals surface area contributed by atoms with Crippen molar-refractivity contribution in [3.63, 3.8) is 0 Å². The van der Waals surface area contributed by atoms with Crippen LogP contribution in [0.1, 0.15) is 36.8 Å². The molecule has 35 heavy (non-hydrogen) atoms. The molecule has 0 spiro atoms. The first kappa shape index (κ1) is 24.9. The lowest BCUT2D eigenvalue weighted by Gasteiger charge is -2.25. The summed E-state index contributed by atoms with van der Waals surface area (Å²) in [7, 11) is -3.02. The third-order valence-electron chi connectivity index (χ3n) is 5.90. The van der Waals surface area contributed by atoms with Gasteiger partial charge in [-0.25, -0.2) is 22.8 Å². The van der Waals surface area contributed by atoms with Crippen molar-refractivity contribution in [2.45, 2.75) is 33.2 Å². The zero-order chi connectivity index (χ0) is 25.2. The van der Waals surface area contributed by atoms with Crippen molar-refractivity contribution in [3.8, 4) is 11.3 Å². The molecule has 11 heteroatoms. The number of rotatable bonds is 7. The van der Waals surface area contributed by atoms with Gasteiger partial charge in [0.2, 0.25) is 5.91 Å². The molecule has 1 saturated heterocycles. The lowest BCUT2D eigenvalue weighted by Crippen LogP contribution is -2.43. The fourth-order valence-electron chi connectivity index (χ4n) is 3.85. The fraction of sp³-hybridized carbons (Fsp3) is 0.417. The SMILES string of the molecule is Cc1cnc(Cc2ccc(NC(=O)CN3CCS(=O)(=O)CC3)c(F)c2)nc1-c1cnn(C(C)C)c1. The highest BCUT2D eigenvalue weighted by atomic mass is 32.2. The molecule has 2 aromatic heterocycles. The first-order chi connectivity index (χ1) is 16.6. The lowest BCUT2D eigenvalue weighted by molar-refractivity contribution is -0.117. The van der Waals surface area contributed by atoms with Crippen LogP contribution in [0.3, 0.4) is 0 Å². The number of sulfone groups is 1. The number of hydrogen-bond donors (Lipinski definition) is 1. The van der Waals surface area contributed by atoms with Crippen LogP contribution in [0.25, 0.3) is 11.3 Å². The Bertz CT molecular complexity index is 1320. The number of carbonyl (C=O) groups excluding carboxylic acids is 1. The van der Waals surface area contributed by atoms with E-state index in [1.54, 1.807) is 23.4 Å². The van der Waals surface area contributed by atoms with Gasteiger partial charge in [0, 0.05) is 43.5 Å². The van der Waals surface area contributed by atoms with Gasteiger partial charge in [0.25, 0.3) is 0 Å². The molecule has 186 valence electrons. The Balaban J connectivity index is 1.41. The summed E-state index contributed by atoms with van der Waals surface area (Å²) in [6.45, 7) is 6.66. The molecule has 3 aromatic rings. The summed E-state index contributed by atoms with van der Waals surface area (Å²) >= 11 is 0. The second kappa shape index (κ2) is 10.2. The number of aromatic nitrogens is 4. The van der Waals surface area contributed by atoms with Crippen molar-refractivity contribution < 1.29 is 17.6 Å². The molecule has 0 bridgehead atoms. The molecule has 3 heterocycles. The van der Waals surface area contributed by atoms with Gasteiger partial charge in [-0.1, -0.05) is 6.07 Å². The zero-order valence-corrected chi connectivity index (χ0v) is 20.8. The van der Waals surface area contributed by atoms with E-state index in [1.165, 1.54) is 12.1 Å². The number of hydrogen-bond acceptors (Lipinski definition) is 7. The van der Waals surface area contributed by atoms with Gasteiger partial charge in [-0.3, -0.25) is 14.4 Å². The van der Waals surface area contributed by atoms with Crippen LogP contribution in [0.5, 0.6) is 0 Å². The van der Waals surface area contributed by atoms with Crippen molar-refractivity contribution in [1.29, 1.82) is 0 Å². The largest absolute Gasteiger partial charge is 0.322 e. The van der Waals surface area contributed by atoms with E-state index < -0.39 is 15.7 Å². The second-order valence-corrected chi connectivity index (χ2v) is 11.4. The Labute approximate surface area is 204 Å². The summed E-state index contributed by atoms with van der Waals surface area (Å²) in [5, 5.41) is 6.95. The van der Waals surface area contributed by atoms with Gasteiger partial charge in [-0.05, 0) is 44.0 Å². The molecule has 0 atom stereocenters. The summed E-state index contributed by atoms with van der Waals surface area (Å²) < 4.78 is 39.6. The Hall–Kier alpha value is -3.18. The Kier molecular flexibility index (Phi) is 7.27. The highest BCUT2D eigenvalue weighted by molar-refractivity contribution is 7.91. The van der Waals surface area contributed by atoms with Crippen LogP contribution in [-0.2, 0) is 21.1 Å². The molecule has 0 saturated carbocycles. The molecule has 1 aromatic carbocycles. The number of amides is 1. The maximum absolute atomic E-state index is 14.7. The Morgan fingerprint density at radius 2 is 1.94 bits per heavy atom. The second-order valence-electron chi connectivity index (χ2n) is 9.09. The summed E-state index contributed by atoms with van der Waals surface area (Å²) in [5.74, 6) is -0.315. The van der Waals surface area contributed by atoms with Crippen LogP contribution in [0.15, 0.2) is 36.8 Å². The first-order valence-corrected chi connectivity index (χ1v) is 13.3. The predicted octanol–water partition coefficient (Wildman–Crippen LogP) is 2.63. The predicted molar refractivity (Wildman–Crippen MR) is 131 cm³/mol. The number of aryl methyl sites for hydroxylation is 1. The van der Waals surface area contributed by atoms with Crippen LogP contribution in [0.4, 0.5) is 10.1 Å². The molecule has 1 N–H and O–H groups in total. The zero-order valence-electron chi connectivity index (χ0n) is 20.0. The van der Waals surface area contributed by atoms with E-state index in [0.717, 1.165) is 16.8 Å². The number of benzene rings is 1. The third-order valence-corrected chi connectivity index (χ3v) is 7.51. The molecule has 0 radical (unpaired) electrons. The standard InChI is InChI=1S/C24H29FN6O3S/c1-16(2)31-14-19(13-27-31)24-17(3)12-26-22(29-24)11-18-4-5-21(20(25)10-18)28-23(32)15-30-6-8-35(33,34)9-7-30/h4-5,10,12-14,16H,6-9,11,15H2,1-3H3,(H,28,32). The van der Waals surface area contributed by atoms with Gasteiger partial charge >= 0.3 is 0 Å². The van der Waals surface area contributed by atoms with Crippen molar-refractivity contribution in [2.75, 3.05) is 36.5 Å².